The average molecular weight is 286 g/mol. The van der Waals surface area contributed by atoms with Crippen molar-refractivity contribution in [3.8, 4) is 0 Å². The molecule has 0 atom stereocenters. The molecule has 0 saturated heterocycles. The van der Waals surface area contributed by atoms with Gasteiger partial charge in [0.25, 0.3) is 0 Å². The molecule has 0 aliphatic carbocycles. The molecule has 10 heavy (non-hydrogen) atoms. The molecule has 0 aromatic carbocycles. The van der Waals surface area contributed by atoms with Crippen LogP contribution in [0.1, 0.15) is 19.8 Å². The van der Waals surface area contributed by atoms with Gasteiger partial charge in [-0.2, -0.15) is 0 Å². The van der Waals surface area contributed by atoms with Crippen molar-refractivity contribution < 1.29 is 0 Å². The molecular formula is C7H14Br2Si. The van der Waals surface area contributed by atoms with Crippen LogP contribution in [0.25, 0.3) is 0 Å². The molecule has 0 fully saturated rings. The molecule has 3 heteroatoms. The molecule has 0 nitrogen and oxygen atoms in total. The molecule has 0 radical (unpaired) electrons. The van der Waals surface area contributed by atoms with E-state index in [4.69, 9.17) is 0 Å². The Labute approximate surface area is 80.3 Å². The van der Waals surface area contributed by atoms with Gasteiger partial charge in [0.1, 0.15) is 0 Å². The molecule has 0 bridgehead atoms. The Hall–Kier alpha value is 0.917. The Bertz CT molecular complexity index is 102. The topological polar surface area (TPSA) is 0 Å². The van der Waals surface area contributed by atoms with Crippen LogP contribution in [-0.2, 0) is 0 Å². The number of hydrogen-bond donors (Lipinski definition) is 0. The molecule has 0 rings (SSSR count). The van der Waals surface area contributed by atoms with Crippen molar-refractivity contribution in [3.05, 3.63) is 12.7 Å². The summed E-state index contributed by atoms with van der Waals surface area (Å²) in [5, 5.41) is -1.22. The second-order valence-corrected chi connectivity index (χ2v) is 17.4. The minimum atomic E-state index is -1.22. The summed E-state index contributed by atoms with van der Waals surface area (Å²) < 4.78 is 0. The monoisotopic (exact) mass is 284 g/mol. The number of halogens is 2. The SMILES string of the molecule is C=CC[Si](Br)(Br)CCCC. The Morgan fingerprint density at radius 3 is 2.50 bits per heavy atom. The first-order valence-electron chi connectivity index (χ1n) is 3.61. The lowest BCUT2D eigenvalue weighted by atomic mass is 10.4. The Kier molecular flexibility index (Phi) is 6.06. The van der Waals surface area contributed by atoms with Crippen LogP contribution in [-0.4, -0.2) is 5.31 Å². The van der Waals surface area contributed by atoms with Gasteiger partial charge in [0.15, 0.2) is 0 Å². The highest BCUT2D eigenvalue weighted by Crippen LogP contribution is 2.31. The van der Waals surface area contributed by atoms with Crippen molar-refractivity contribution in [2.75, 3.05) is 0 Å². The van der Waals surface area contributed by atoms with Crippen LogP contribution in [0, 0.1) is 0 Å². The van der Waals surface area contributed by atoms with E-state index in [1.165, 1.54) is 18.9 Å². The molecule has 0 unspecified atom stereocenters. The van der Waals surface area contributed by atoms with E-state index in [1.54, 1.807) is 0 Å². The van der Waals surface area contributed by atoms with Crippen molar-refractivity contribution in [1.82, 2.24) is 0 Å². The number of rotatable bonds is 5. The van der Waals surface area contributed by atoms with E-state index < -0.39 is 5.31 Å². The summed E-state index contributed by atoms with van der Waals surface area (Å²) in [5.74, 6) is 0. The van der Waals surface area contributed by atoms with Crippen LogP contribution in [0.2, 0.25) is 12.1 Å². The predicted molar refractivity (Wildman–Crippen MR) is 58.3 cm³/mol. The van der Waals surface area contributed by atoms with Crippen LogP contribution >= 0.6 is 30.6 Å². The minimum Gasteiger partial charge on any atom is -0.111 e. The summed E-state index contributed by atoms with van der Waals surface area (Å²) in [5.41, 5.74) is 0. The number of unbranched alkanes of at least 4 members (excludes halogenated alkanes) is 1. The van der Waals surface area contributed by atoms with Gasteiger partial charge in [-0.15, -0.1) is 37.2 Å². The third-order valence-electron chi connectivity index (χ3n) is 1.34. The van der Waals surface area contributed by atoms with E-state index in [1.807, 2.05) is 6.08 Å². The van der Waals surface area contributed by atoms with Gasteiger partial charge in [-0.1, -0.05) is 25.8 Å². The van der Waals surface area contributed by atoms with E-state index in [9.17, 15) is 0 Å². The molecule has 0 heterocycles. The standard InChI is InChI=1S/C7H14Br2Si/c1-3-5-7-10(8,9)6-4-2/h4H,2-3,5-7H2,1H3. The normalized spacial score (nSPS) is 11.5. The maximum atomic E-state index is 3.73. The van der Waals surface area contributed by atoms with E-state index in [2.05, 4.69) is 44.1 Å². The highest BCUT2D eigenvalue weighted by Gasteiger charge is 2.23. The highest BCUT2D eigenvalue weighted by molar-refractivity contribution is 9.51. The molecule has 0 spiro atoms. The highest BCUT2D eigenvalue weighted by atomic mass is 79.9. The van der Waals surface area contributed by atoms with Crippen molar-refractivity contribution in [2.24, 2.45) is 0 Å². The van der Waals surface area contributed by atoms with Gasteiger partial charge in [-0.3, -0.25) is 0 Å². The van der Waals surface area contributed by atoms with E-state index in [0.29, 0.717) is 0 Å². The molecular weight excluding hydrogens is 272 g/mol. The lowest BCUT2D eigenvalue weighted by molar-refractivity contribution is 0.876. The molecule has 0 amide bonds. The first kappa shape index (κ1) is 10.9. The fraction of sp³-hybridized carbons (Fsp3) is 0.714. The van der Waals surface area contributed by atoms with Crippen molar-refractivity contribution in [3.63, 3.8) is 0 Å². The lowest BCUT2D eigenvalue weighted by Crippen LogP contribution is -2.14. The molecule has 0 aliphatic heterocycles. The minimum absolute atomic E-state index is 1.12. The zero-order chi connectivity index (χ0) is 8.04. The molecule has 0 aromatic heterocycles. The summed E-state index contributed by atoms with van der Waals surface area (Å²) in [6.07, 6.45) is 4.59. The summed E-state index contributed by atoms with van der Waals surface area (Å²) in [7, 11) is 0. The fourth-order valence-corrected chi connectivity index (χ4v) is 5.30. The Balaban J connectivity index is 3.51. The van der Waals surface area contributed by atoms with Gasteiger partial charge in [0, 0.05) is 0 Å². The quantitative estimate of drug-likeness (QED) is 0.403. The van der Waals surface area contributed by atoms with Crippen LogP contribution in [0.3, 0.4) is 0 Å². The van der Waals surface area contributed by atoms with E-state index in [0.717, 1.165) is 6.04 Å². The predicted octanol–water partition coefficient (Wildman–Crippen LogP) is 4.20. The Morgan fingerprint density at radius 1 is 1.50 bits per heavy atom. The zero-order valence-electron chi connectivity index (χ0n) is 6.37. The Morgan fingerprint density at radius 2 is 2.10 bits per heavy atom. The van der Waals surface area contributed by atoms with Gasteiger partial charge < -0.3 is 0 Å². The first-order valence-corrected chi connectivity index (χ1v) is 10.5. The maximum Gasteiger partial charge on any atom is 0.204 e. The van der Waals surface area contributed by atoms with Gasteiger partial charge in [-0.25, -0.2) is 0 Å². The second kappa shape index (κ2) is 5.55. The third kappa shape index (κ3) is 5.68. The summed E-state index contributed by atoms with van der Waals surface area (Å²) >= 11 is 7.46. The summed E-state index contributed by atoms with van der Waals surface area (Å²) in [6.45, 7) is 5.95. The largest absolute Gasteiger partial charge is 0.204 e. The number of hydrogen-bond acceptors (Lipinski definition) is 0. The van der Waals surface area contributed by atoms with Crippen LogP contribution in [0.5, 0.6) is 0 Å². The van der Waals surface area contributed by atoms with Crippen molar-refractivity contribution >= 4 is 35.9 Å². The van der Waals surface area contributed by atoms with Gasteiger partial charge >= 0.3 is 0 Å². The molecule has 0 aliphatic rings. The fourth-order valence-electron chi connectivity index (χ4n) is 0.749. The first-order chi connectivity index (χ1) is 4.62. The van der Waals surface area contributed by atoms with Gasteiger partial charge in [-0.05, 0) is 12.1 Å². The van der Waals surface area contributed by atoms with E-state index in [-0.39, 0.29) is 0 Å². The van der Waals surface area contributed by atoms with Crippen LogP contribution in [0.4, 0.5) is 0 Å². The third-order valence-corrected chi connectivity index (χ3v) is 7.63. The van der Waals surface area contributed by atoms with Gasteiger partial charge in [0.05, 0.1) is 0 Å². The average Bonchev–Trinajstić information content (AvgIpc) is 1.84. The van der Waals surface area contributed by atoms with Crippen molar-refractivity contribution in [2.45, 2.75) is 31.9 Å². The van der Waals surface area contributed by atoms with Gasteiger partial charge in [0.2, 0.25) is 5.31 Å². The smallest absolute Gasteiger partial charge is 0.111 e. The molecule has 60 valence electrons. The lowest BCUT2D eigenvalue weighted by Gasteiger charge is -2.13. The maximum absolute atomic E-state index is 3.73. The molecule has 0 saturated carbocycles. The second-order valence-electron chi connectivity index (χ2n) is 2.45. The van der Waals surface area contributed by atoms with Crippen molar-refractivity contribution in [1.29, 1.82) is 0 Å². The van der Waals surface area contributed by atoms with E-state index >= 15 is 0 Å². The number of allylic oxidation sites excluding steroid dienone is 1. The van der Waals surface area contributed by atoms with Crippen LogP contribution < -0.4 is 0 Å². The summed E-state index contributed by atoms with van der Waals surface area (Å²) in [4.78, 5) is 0. The molecule has 0 N–H and O–H groups in total. The summed E-state index contributed by atoms with van der Waals surface area (Å²) in [6, 6.07) is 2.42. The zero-order valence-corrected chi connectivity index (χ0v) is 10.5. The van der Waals surface area contributed by atoms with Crippen LogP contribution in [0.15, 0.2) is 12.7 Å². The molecule has 0 aromatic rings.